The summed E-state index contributed by atoms with van der Waals surface area (Å²) in [6.07, 6.45) is 1.04. The summed E-state index contributed by atoms with van der Waals surface area (Å²) in [5.74, 6) is 3.85. The molecule has 4 aromatic rings. The van der Waals surface area contributed by atoms with E-state index in [0.717, 1.165) is 28.2 Å². The Morgan fingerprint density at radius 3 is 1.44 bits per heavy atom. The Morgan fingerprint density at radius 1 is 0.694 bits per heavy atom. The summed E-state index contributed by atoms with van der Waals surface area (Å²) in [5.41, 5.74) is 2.53. The molecule has 1 N–H and O–H groups in total. The lowest BCUT2D eigenvalue weighted by Crippen LogP contribution is -2.12. The first-order valence-electron chi connectivity index (χ1n) is 11.4. The van der Waals surface area contributed by atoms with E-state index in [1.165, 1.54) is 0 Å². The van der Waals surface area contributed by atoms with Gasteiger partial charge in [0.05, 0.1) is 20.8 Å². The molecule has 0 aliphatic rings. The van der Waals surface area contributed by atoms with Crippen LogP contribution in [0.4, 0.5) is 0 Å². The zero-order valence-corrected chi connectivity index (χ0v) is 21.3. The van der Waals surface area contributed by atoms with Crippen LogP contribution in [0.3, 0.4) is 0 Å². The maximum atomic E-state index is 11.3. The molecule has 0 fully saturated rings. The van der Waals surface area contributed by atoms with Crippen LogP contribution in [0, 0.1) is 0 Å². The van der Waals surface area contributed by atoms with Crippen molar-refractivity contribution in [2.45, 2.75) is 12.8 Å². The largest absolute Gasteiger partial charge is 0.497 e. The van der Waals surface area contributed by atoms with E-state index in [-0.39, 0.29) is 5.91 Å². The summed E-state index contributed by atoms with van der Waals surface area (Å²) in [5, 5.41) is 2.52. The number of hydrogen-bond acceptors (Lipinski definition) is 7. The highest BCUT2D eigenvalue weighted by Gasteiger charge is 2.13. The SMILES string of the molecule is COc1ccc(-c2nc(-c3ccc(OC)cc3)nc(-c3ccc(OCCCC(=O)NP)cc3)n2)cc1. The quantitative estimate of drug-likeness (QED) is 0.242. The molecule has 0 bridgehead atoms. The Kier molecular flexibility index (Phi) is 8.42. The standard InChI is InChI=1S/C27H27N4O4P/c1-33-21-11-5-18(6-12-21)25-28-26(19-7-13-22(34-2)14-8-19)30-27(29-25)20-9-15-23(16-10-20)35-17-3-4-24(32)31-36/h5-16H,3-4,17,36H2,1-2H3,(H,31,32). The van der Waals surface area contributed by atoms with E-state index < -0.39 is 0 Å². The van der Waals surface area contributed by atoms with Crippen molar-refractivity contribution >= 4 is 15.3 Å². The van der Waals surface area contributed by atoms with E-state index in [9.17, 15) is 4.79 Å². The minimum absolute atomic E-state index is 0.0332. The van der Waals surface area contributed by atoms with Crippen molar-refractivity contribution in [1.29, 1.82) is 0 Å². The van der Waals surface area contributed by atoms with E-state index in [4.69, 9.17) is 29.2 Å². The summed E-state index contributed by atoms with van der Waals surface area (Å²) >= 11 is 0. The van der Waals surface area contributed by atoms with Crippen LogP contribution in [0.5, 0.6) is 17.2 Å². The zero-order chi connectivity index (χ0) is 25.3. The number of methoxy groups -OCH3 is 2. The third-order valence-electron chi connectivity index (χ3n) is 5.42. The van der Waals surface area contributed by atoms with E-state index in [1.807, 2.05) is 72.8 Å². The molecule has 9 heteroatoms. The van der Waals surface area contributed by atoms with Gasteiger partial charge in [0.15, 0.2) is 17.5 Å². The molecule has 0 radical (unpaired) electrons. The molecule has 0 spiro atoms. The van der Waals surface area contributed by atoms with Gasteiger partial charge in [0.2, 0.25) is 5.91 Å². The summed E-state index contributed by atoms with van der Waals surface area (Å²) in [6.45, 7) is 0.451. The molecule has 0 saturated carbocycles. The first kappa shape index (κ1) is 25.1. The van der Waals surface area contributed by atoms with E-state index in [0.29, 0.717) is 42.7 Å². The van der Waals surface area contributed by atoms with Gasteiger partial charge in [-0.1, -0.05) is 0 Å². The van der Waals surface area contributed by atoms with E-state index in [1.54, 1.807) is 14.2 Å². The molecule has 3 aromatic carbocycles. The van der Waals surface area contributed by atoms with Crippen molar-refractivity contribution in [2.24, 2.45) is 0 Å². The minimum Gasteiger partial charge on any atom is -0.497 e. The Labute approximate surface area is 212 Å². The number of ether oxygens (including phenoxy) is 3. The Morgan fingerprint density at radius 2 is 1.08 bits per heavy atom. The molecule has 1 atom stereocenters. The van der Waals surface area contributed by atoms with Gasteiger partial charge in [0.25, 0.3) is 0 Å². The molecule has 1 unspecified atom stereocenters. The van der Waals surface area contributed by atoms with Crippen LogP contribution < -0.4 is 19.3 Å². The van der Waals surface area contributed by atoms with Gasteiger partial charge < -0.3 is 19.3 Å². The van der Waals surface area contributed by atoms with Crippen molar-refractivity contribution in [3.63, 3.8) is 0 Å². The number of amides is 1. The molecule has 0 aliphatic carbocycles. The normalized spacial score (nSPS) is 10.5. The summed E-state index contributed by atoms with van der Waals surface area (Å²) < 4.78 is 16.3. The summed E-state index contributed by atoms with van der Waals surface area (Å²) in [6, 6.07) is 22.8. The number of benzene rings is 3. The number of aromatic nitrogens is 3. The van der Waals surface area contributed by atoms with Crippen LogP contribution in [0.2, 0.25) is 0 Å². The predicted octanol–water partition coefficient (Wildman–Crippen LogP) is 4.96. The maximum Gasteiger partial charge on any atom is 0.222 e. The zero-order valence-electron chi connectivity index (χ0n) is 20.1. The summed E-state index contributed by atoms with van der Waals surface area (Å²) in [4.78, 5) is 25.6. The van der Waals surface area contributed by atoms with Crippen LogP contribution in [0.25, 0.3) is 34.2 Å². The second-order valence-corrected chi connectivity index (χ2v) is 8.10. The number of nitrogens with one attached hydrogen (secondary N) is 1. The first-order chi connectivity index (χ1) is 17.6. The van der Waals surface area contributed by atoms with Crippen molar-refractivity contribution in [3.8, 4) is 51.4 Å². The fourth-order valence-electron chi connectivity index (χ4n) is 3.44. The van der Waals surface area contributed by atoms with Crippen molar-refractivity contribution < 1.29 is 19.0 Å². The van der Waals surface area contributed by atoms with E-state index in [2.05, 4.69) is 14.5 Å². The Balaban J connectivity index is 1.62. The molecule has 1 heterocycles. The van der Waals surface area contributed by atoms with Crippen LogP contribution in [-0.2, 0) is 4.79 Å². The third kappa shape index (κ3) is 6.34. The molecular formula is C27H27N4O4P. The highest BCUT2D eigenvalue weighted by Crippen LogP contribution is 2.27. The number of nitrogens with zero attached hydrogens (tertiary/aromatic N) is 3. The topological polar surface area (TPSA) is 95.5 Å². The van der Waals surface area contributed by atoms with Gasteiger partial charge in [-0.15, -0.1) is 0 Å². The average molecular weight is 503 g/mol. The van der Waals surface area contributed by atoms with Crippen molar-refractivity contribution in [3.05, 3.63) is 72.8 Å². The maximum absolute atomic E-state index is 11.3. The fraction of sp³-hybridized carbons (Fsp3) is 0.185. The fourth-order valence-corrected chi connectivity index (χ4v) is 3.58. The lowest BCUT2D eigenvalue weighted by molar-refractivity contribution is -0.119. The van der Waals surface area contributed by atoms with Crippen LogP contribution in [-0.4, -0.2) is 41.7 Å². The van der Waals surface area contributed by atoms with E-state index >= 15 is 0 Å². The lowest BCUT2D eigenvalue weighted by Gasteiger charge is -2.10. The molecule has 1 amide bonds. The van der Waals surface area contributed by atoms with Gasteiger partial charge in [0.1, 0.15) is 17.2 Å². The molecule has 184 valence electrons. The van der Waals surface area contributed by atoms with Gasteiger partial charge in [-0.3, -0.25) is 4.79 Å². The van der Waals surface area contributed by atoms with Gasteiger partial charge in [-0.2, -0.15) is 0 Å². The second kappa shape index (κ2) is 12.1. The van der Waals surface area contributed by atoms with Gasteiger partial charge in [-0.05, 0) is 88.6 Å². The highest BCUT2D eigenvalue weighted by atomic mass is 31.0. The molecule has 0 saturated heterocycles. The van der Waals surface area contributed by atoms with Gasteiger partial charge >= 0.3 is 0 Å². The first-order valence-corrected chi connectivity index (χ1v) is 11.9. The highest BCUT2D eigenvalue weighted by molar-refractivity contribution is 7.15. The average Bonchev–Trinajstić information content (AvgIpc) is 2.95. The Bertz CT molecular complexity index is 1230. The van der Waals surface area contributed by atoms with Crippen LogP contribution in [0.1, 0.15) is 12.8 Å². The monoisotopic (exact) mass is 502 g/mol. The van der Waals surface area contributed by atoms with Crippen LogP contribution >= 0.6 is 9.39 Å². The number of carbonyl (C=O) groups is 1. The van der Waals surface area contributed by atoms with Gasteiger partial charge in [-0.25, -0.2) is 15.0 Å². The van der Waals surface area contributed by atoms with Crippen LogP contribution in [0.15, 0.2) is 72.8 Å². The number of carbonyl (C=O) groups excluding carboxylic acids is 1. The molecule has 0 aliphatic heterocycles. The second-order valence-electron chi connectivity index (χ2n) is 7.81. The molecule has 8 nitrogen and oxygen atoms in total. The van der Waals surface area contributed by atoms with Crippen molar-refractivity contribution in [2.75, 3.05) is 20.8 Å². The molecule has 1 aromatic heterocycles. The number of rotatable bonds is 10. The summed E-state index contributed by atoms with van der Waals surface area (Å²) in [7, 11) is 5.47. The molecular weight excluding hydrogens is 475 g/mol. The Hall–Kier alpha value is -4.03. The number of hydrogen-bond donors (Lipinski definition) is 1. The third-order valence-corrected chi connectivity index (χ3v) is 5.74. The predicted molar refractivity (Wildman–Crippen MR) is 142 cm³/mol. The van der Waals surface area contributed by atoms with Crippen molar-refractivity contribution in [1.82, 2.24) is 20.0 Å². The lowest BCUT2D eigenvalue weighted by atomic mass is 10.1. The smallest absolute Gasteiger partial charge is 0.222 e. The molecule has 4 rings (SSSR count). The van der Waals surface area contributed by atoms with Gasteiger partial charge in [0, 0.05) is 23.1 Å². The molecule has 36 heavy (non-hydrogen) atoms. The minimum atomic E-state index is -0.0332.